The zero-order valence-corrected chi connectivity index (χ0v) is 27.7. The Kier molecular flexibility index (Phi) is 6.97. The van der Waals surface area contributed by atoms with Gasteiger partial charge < -0.3 is 0 Å². The molecule has 0 unspecified atom stereocenters. The second kappa shape index (κ2) is 11.8. The summed E-state index contributed by atoms with van der Waals surface area (Å²) >= 11 is -0.391. The van der Waals surface area contributed by atoms with Gasteiger partial charge in [-0.05, 0) is 22.4 Å². The number of hydrogen-bond acceptors (Lipinski definition) is 3. The summed E-state index contributed by atoms with van der Waals surface area (Å²) < 4.78 is 3.02. The molecule has 3 nitrogen and oxygen atoms in total. The predicted molar refractivity (Wildman–Crippen MR) is 196 cm³/mol. The standard InChI is InChI=1S/C43H27N3Te/c1-2-11-29(12-3-1)41-44-42(35-16-8-14-31(25-35)33-21-20-28-10-4-5-13-30(28)24-33)46-43(45-41)36-17-9-15-32(26-36)34-22-23-38-37-18-6-7-19-39(37)47-40(38)27-34/h1-27H. The van der Waals surface area contributed by atoms with Crippen LogP contribution in [0.3, 0.4) is 0 Å². The van der Waals surface area contributed by atoms with Crippen LogP contribution in [0.1, 0.15) is 0 Å². The Morgan fingerprint density at radius 3 is 1.55 bits per heavy atom. The van der Waals surface area contributed by atoms with Gasteiger partial charge >= 0.3 is 213 Å². The van der Waals surface area contributed by atoms with Crippen molar-refractivity contribution in [3.63, 3.8) is 0 Å². The van der Waals surface area contributed by atoms with Crippen LogP contribution in [0.25, 0.3) is 84.8 Å². The number of hydrogen-bond donors (Lipinski definition) is 0. The van der Waals surface area contributed by atoms with Crippen molar-refractivity contribution in [2.24, 2.45) is 0 Å². The predicted octanol–water partition coefficient (Wildman–Crippen LogP) is 10.7. The van der Waals surface area contributed by atoms with Crippen molar-refractivity contribution in [3.8, 4) is 56.4 Å². The second-order valence-electron chi connectivity index (χ2n) is 11.7. The van der Waals surface area contributed by atoms with Gasteiger partial charge in [-0.25, -0.2) is 0 Å². The summed E-state index contributed by atoms with van der Waals surface area (Å²) in [6, 6.07) is 58.1. The number of aromatic nitrogens is 3. The molecule has 0 aliphatic rings. The molecule has 0 radical (unpaired) electrons. The SMILES string of the molecule is c1ccc(-c2nc(-c3cccc(-c4ccc5ccccc5c4)c3)nc(-c3cccc(-c4ccc5c(c4)[te]c4ccccc45)c3)n2)cc1. The maximum absolute atomic E-state index is 5.09. The maximum atomic E-state index is 5.09. The molecular formula is C43H27N3Te. The third-order valence-corrected chi connectivity index (χ3v) is 11.9. The van der Waals surface area contributed by atoms with Crippen molar-refractivity contribution in [1.29, 1.82) is 0 Å². The molecule has 2 aromatic heterocycles. The topological polar surface area (TPSA) is 38.7 Å². The van der Waals surface area contributed by atoms with E-state index >= 15 is 0 Å². The fourth-order valence-corrected chi connectivity index (χ4v) is 9.57. The van der Waals surface area contributed by atoms with Gasteiger partial charge in [-0.15, -0.1) is 0 Å². The fraction of sp³-hybridized carbons (Fsp3) is 0. The van der Waals surface area contributed by atoms with Gasteiger partial charge in [0.1, 0.15) is 0 Å². The van der Waals surface area contributed by atoms with Crippen molar-refractivity contribution in [2.75, 3.05) is 0 Å². The van der Waals surface area contributed by atoms with Crippen molar-refractivity contribution < 1.29 is 0 Å². The van der Waals surface area contributed by atoms with Crippen molar-refractivity contribution >= 4 is 48.8 Å². The Balaban J connectivity index is 1.15. The molecule has 0 saturated heterocycles. The summed E-state index contributed by atoms with van der Waals surface area (Å²) in [6.07, 6.45) is 0. The molecule has 47 heavy (non-hydrogen) atoms. The van der Waals surface area contributed by atoms with Crippen molar-refractivity contribution in [1.82, 2.24) is 15.0 Å². The summed E-state index contributed by atoms with van der Waals surface area (Å²) in [6.45, 7) is 0. The second-order valence-corrected chi connectivity index (χ2v) is 14.8. The van der Waals surface area contributed by atoms with Gasteiger partial charge in [0.25, 0.3) is 0 Å². The molecule has 9 rings (SSSR count). The van der Waals surface area contributed by atoms with E-state index in [0.717, 1.165) is 33.4 Å². The van der Waals surface area contributed by atoms with Crippen LogP contribution in [-0.2, 0) is 0 Å². The van der Waals surface area contributed by atoms with E-state index in [-0.39, 0.29) is 0 Å². The van der Waals surface area contributed by atoms with Crippen LogP contribution in [0.15, 0.2) is 164 Å². The third kappa shape index (κ3) is 5.32. The molecular weight excluding hydrogens is 686 g/mol. The number of rotatable bonds is 5. The molecule has 0 fully saturated rings. The molecule has 0 atom stereocenters. The van der Waals surface area contributed by atoms with Crippen LogP contribution in [0, 0.1) is 0 Å². The molecule has 0 saturated carbocycles. The van der Waals surface area contributed by atoms with Gasteiger partial charge in [-0.3, -0.25) is 0 Å². The molecule has 0 amide bonds. The quantitative estimate of drug-likeness (QED) is 0.167. The van der Waals surface area contributed by atoms with E-state index in [9.17, 15) is 0 Å². The van der Waals surface area contributed by atoms with E-state index in [0.29, 0.717) is 17.5 Å². The van der Waals surface area contributed by atoms with Crippen LogP contribution < -0.4 is 0 Å². The molecule has 7 aromatic carbocycles. The number of nitrogens with zero attached hydrogens (tertiary/aromatic N) is 3. The van der Waals surface area contributed by atoms with E-state index in [1.165, 1.54) is 33.9 Å². The Bertz CT molecular complexity index is 2590. The van der Waals surface area contributed by atoms with Crippen LogP contribution in [-0.4, -0.2) is 35.4 Å². The van der Waals surface area contributed by atoms with Gasteiger partial charge in [-0.1, -0.05) is 48.5 Å². The van der Waals surface area contributed by atoms with Crippen molar-refractivity contribution in [3.05, 3.63) is 164 Å². The number of benzene rings is 7. The molecule has 0 bridgehead atoms. The summed E-state index contributed by atoms with van der Waals surface area (Å²) in [5.74, 6) is 1.98. The fourth-order valence-electron chi connectivity index (χ4n) is 6.30. The minimum atomic E-state index is -0.391. The zero-order chi connectivity index (χ0) is 31.2. The first-order chi connectivity index (χ1) is 23.2. The van der Waals surface area contributed by atoms with Crippen molar-refractivity contribution in [2.45, 2.75) is 0 Å². The molecule has 0 aliphatic carbocycles. The van der Waals surface area contributed by atoms with Crippen LogP contribution in [0.5, 0.6) is 0 Å². The molecule has 0 spiro atoms. The van der Waals surface area contributed by atoms with Crippen LogP contribution in [0.4, 0.5) is 0 Å². The monoisotopic (exact) mass is 715 g/mol. The van der Waals surface area contributed by atoms with Crippen LogP contribution in [0.2, 0.25) is 0 Å². The van der Waals surface area contributed by atoms with Gasteiger partial charge in [0.15, 0.2) is 0 Å². The third-order valence-electron chi connectivity index (χ3n) is 8.70. The minimum absolute atomic E-state index is 0.391. The summed E-state index contributed by atoms with van der Waals surface area (Å²) in [4.78, 5) is 15.1. The zero-order valence-electron chi connectivity index (χ0n) is 25.3. The average Bonchev–Trinajstić information content (AvgIpc) is 3.53. The molecule has 0 aliphatic heterocycles. The van der Waals surface area contributed by atoms with E-state index in [2.05, 4.69) is 146 Å². The van der Waals surface area contributed by atoms with Gasteiger partial charge in [-0.2, -0.15) is 0 Å². The Hall–Kier alpha value is -5.40. The Morgan fingerprint density at radius 2 is 0.809 bits per heavy atom. The first kappa shape index (κ1) is 27.9. The number of fused-ring (bicyclic) bond motifs is 4. The molecule has 2 heterocycles. The first-order valence-corrected chi connectivity index (χ1v) is 18.0. The van der Waals surface area contributed by atoms with Crippen LogP contribution >= 0.6 is 0 Å². The molecule has 220 valence electrons. The van der Waals surface area contributed by atoms with E-state index < -0.39 is 20.4 Å². The van der Waals surface area contributed by atoms with Gasteiger partial charge in [0.05, 0.1) is 0 Å². The summed E-state index contributed by atoms with van der Waals surface area (Å²) in [5, 5.41) is 5.25. The normalized spacial score (nSPS) is 11.4. The Labute approximate surface area is 282 Å². The van der Waals surface area contributed by atoms with E-state index in [1.807, 2.05) is 18.2 Å². The summed E-state index contributed by atoms with van der Waals surface area (Å²) in [5.41, 5.74) is 7.56. The van der Waals surface area contributed by atoms with Gasteiger partial charge in [0.2, 0.25) is 0 Å². The van der Waals surface area contributed by atoms with E-state index in [1.54, 1.807) is 0 Å². The average molecular weight is 713 g/mol. The van der Waals surface area contributed by atoms with E-state index in [4.69, 9.17) is 15.0 Å². The molecule has 4 heteroatoms. The molecule has 9 aromatic rings. The summed E-state index contributed by atoms with van der Waals surface area (Å²) in [7, 11) is 0. The Morgan fingerprint density at radius 1 is 0.298 bits per heavy atom. The van der Waals surface area contributed by atoms with Gasteiger partial charge in [0, 0.05) is 0 Å². The molecule has 0 N–H and O–H groups in total. The first-order valence-electron chi connectivity index (χ1n) is 15.7.